The van der Waals surface area contributed by atoms with Gasteiger partial charge in [0.15, 0.2) is 11.5 Å². The molecule has 0 radical (unpaired) electrons. The minimum absolute atomic E-state index is 0.0241. The summed E-state index contributed by atoms with van der Waals surface area (Å²) in [4.78, 5) is 12.2. The van der Waals surface area contributed by atoms with Crippen LogP contribution in [0.3, 0.4) is 0 Å². The Hall–Kier alpha value is -3.30. The Kier molecular flexibility index (Phi) is 8.23. The van der Waals surface area contributed by atoms with E-state index in [1.54, 1.807) is 0 Å². The Morgan fingerprint density at radius 3 is 2.42 bits per heavy atom. The summed E-state index contributed by atoms with van der Waals surface area (Å²) in [5.74, 6) is -0.768. The topological polar surface area (TPSA) is 56.8 Å². The molecule has 168 valence electrons. The predicted octanol–water partition coefficient (Wildman–Crippen LogP) is 5.76. The highest BCUT2D eigenvalue weighted by molar-refractivity contribution is 6.02. The maximum absolute atomic E-state index is 13.0. The SMILES string of the molecule is CCCOc1ccc(C(F)(F)F)cc1NC(=O)/C=C/c1ccc(OC(F)F)c(OC)c1. The van der Waals surface area contributed by atoms with E-state index in [2.05, 4.69) is 10.1 Å². The number of hydrogen-bond acceptors (Lipinski definition) is 4. The minimum atomic E-state index is -4.59. The van der Waals surface area contributed by atoms with Crippen molar-refractivity contribution >= 4 is 17.7 Å². The van der Waals surface area contributed by atoms with Gasteiger partial charge in [-0.3, -0.25) is 4.79 Å². The van der Waals surface area contributed by atoms with Gasteiger partial charge in [-0.2, -0.15) is 22.0 Å². The number of halogens is 5. The molecule has 2 rings (SSSR count). The zero-order valence-corrected chi connectivity index (χ0v) is 16.6. The van der Waals surface area contributed by atoms with Crippen LogP contribution in [0.5, 0.6) is 17.2 Å². The molecule has 2 aromatic carbocycles. The number of carbonyl (C=O) groups is 1. The lowest BCUT2D eigenvalue weighted by Gasteiger charge is -2.14. The maximum Gasteiger partial charge on any atom is 0.416 e. The molecule has 0 aliphatic carbocycles. The summed E-state index contributed by atoms with van der Waals surface area (Å²) in [7, 11) is 1.26. The first-order valence-corrected chi connectivity index (χ1v) is 9.10. The number of methoxy groups -OCH3 is 1. The third-order valence-corrected chi connectivity index (χ3v) is 3.86. The fraction of sp³-hybridized carbons (Fsp3) is 0.286. The molecule has 31 heavy (non-hydrogen) atoms. The number of carbonyl (C=O) groups excluding carboxylic acids is 1. The van der Waals surface area contributed by atoms with Crippen molar-refractivity contribution in [2.75, 3.05) is 19.0 Å². The third-order valence-electron chi connectivity index (χ3n) is 3.86. The summed E-state index contributed by atoms with van der Waals surface area (Å²) in [6, 6.07) is 6.81. The first-order valence-electron chi connectivity index (χ1n) is 9.10. The molecule has 0 saturated heterocycles. The van der Waals surface area contributed by atoms with Crippen molar-refractivity contribution in [1.82, 2.24) is 0 Å². The fourth-order valence-corrected chi connectivity index (χ4v) is 2.47. The number of hydrogen-bond donors (Lipinski definition) is 1. The smallest absolute Gasteiger partial charge is 0.416 e. The van der Waals surface area contributed by atoms with Crippen LogP contribution in [0.1, 0.15) is 24.5 Å². The fourth-order valence-electron chi connectivity index (χ4n) is 2.47. The summed E-state index contributed by atoms with van der Waals surface area (Å²) >= 11 is 0. The Morgan fingerprint density at radius 1 is 1.10 bits per heavy atom. The number of ether oxygens (including phenoxy) is 3. The number of rotatable bonds is 9. The van der Waals surface area contributed by atoms with E-state index in [0.29, 0.717) is 12.0 Å². The van der Waals surface area contributed by atoms with Crippen molar-refractivity contribution in [3.63, 3.8) is 0 Å². The van der Waals surface area contributed by atoms with Crippen molar-refractivity contribution in [2.24, 2.45) is 0 Å². The van der Waals surface area contributed by atoms with Gasteiger partial charge in [-0.25, -0.2) is 0 Å². The minimum Gasteiger partial charge on any atom is -0.493 e. The summed E-state index contributed by atoms with van der Waals surface area (Å²) in [5.41, 5.74) is -0.647. The predicted molar refractivity (Wildman–Crippen MR) is 105 cm³/mol. The second-order valence-corrected chi connectivity index (χ2v) is 6.17. The molecule has 0 saturated carbocycles. The molecule has 0 atom stereocenters. The molecular weight excluding hydrogens is 425 g/mol. The van der Waals surface area contributed by atoms with Crippen LogP contribution in [0, 0.1) is 0 Å². The van der Waals surface area contributed by atoms with Gasteiger partial charge in [0.25, 0.3) is 0 Å². The highest BCUT2D eigenvalue weighted by Gasteiger charge is 2.31. The number of benzene rings is 2. The van der Waals surface area contributed by atoms with Gasteiger partial charge in [-0.1, -0.05) is 13.0 Å². The van der Waals surface area contributed by atoms with Gasteiger partial charge < -0.3 is 19.5 Å². The van der Waals surface area contributed by atoms with Gasteiger partial charge in [0.2, 0.25) is 5.91 Å². The lowest BCUT2D eigenvalue weighted by atomic mass is 10.1. The van der Waals surface area contributed by atoms with E-state index in [0.717, 1.165) is 24.3 Å². The molecule has 0 spiro atoms. The van der Waals surface area contributed by atoms with Crippen LogP contribution in [-0.2, 0) is 11.0 Å². The molecule has 2 aromatic rings. The van der Waals surface area contributed by atoms with E-state index < -0.39 is 24.3 Å². The lowest BCUT2D eigenvalue weighted by Crippen LogP contribution is -2.12. The van der Waals surface area contributed by atoms with Gasteiger partial charge in [0.1, 0.15) is 5.75 Å². The second-order valence-electron chi connectivity index (χ2n) is 6.17. The van der Waals surface area contributed by atoms with Crippen LogP contribution < -0.4 is 19.5 Å². The van der Waals surface area contributed by atoms with E-state index in [-0.39, 0.29) is 29.5 Å². The molecule has 1 N–H and O–H groups in total. The molecule has 0 aromatic heterocycles. The average Bonchev–Trinajstić information content (AvgIpc) is 2.71. The van der Waals surface area contributed by atoms with Crippen LogP contribution in [0.15, 0.2) is 42.5 Å². The number of amides is 1. The van der Waals surface area contributed by atoms with Crippen LogP contribution in [0.4, 0.5) is 27.6 Å². The van der Waals surface area contributed by atoms with Gasteiger partial charge in [-0.15, -0.1) is 0 Å². The van der Waals surface area contributed by atoms with Gasteiger partial charge in [0.05, 0.1) is 25.0 Å². The van der Waals surface area contributed by atoms with E-state index >= 15 is 0 Å². The second kappa shape index (κ2) is 10.6. The van der Waals surface area contributed by atoms with E-state index in [1.807, 2.05) is 6.92 Å². The first kappa shape index (κ1) is 24.0. The van der Waals surface area contributed by atoms with Gasteiger partial charge >= 0.3 is 12.8 Å². The molecule has 1 amide bonds. The Labute approximate surface area is 175 Å². The molecule has 0 aliphatic rings. The van der Waals surface area contributed by atoms with Crippen LogP contribution in [0.2, 0.25) is 0 Å². The summed E-state index contributed by atoms with van der Waals surface area (Å²) in [6.45, 7) is -0.939. The van der Waals surface area contributed by atoms with Crippen molar-refractivity contribution in [3.05, 3.63) is 53.6 Å². The van der Waals surface area contributed by atoms with E-state index in [4.69, 9.17) is 9.47 Å². The summed E-state index contributed by atoms with van der Waals surface area (Å²) in [6.07, 6.45) is -1.55. The largest absolute Gasteiger partial charge is 0.493 e. The number of anilines is 1. The van der Waals surface area contributed by atoms with Gasteiger partial charge in [-0.05, 0) is 48.4 Å². The van der Waals surface area contributed by atoms with Crippen LogP contribution in [0.25, 0.3) is 6.08 Å². The molecular formula is C21H20F5NO4. The molecule has 0 bridgehead atoms. The number of nitrogens with one attached hydrogen (secondary N) is 1. The maximum atomic E-state index is 13.0. The standard InChI is InChI=1S/C21H20F5NO4/c1-3-10-30-16-8-6-14(21(24,25)26)12-15(16)27-19(28)9-5-13-4-7-17(31-20(22)23)18(11-13)29-2/h4-9,11-12,20H,3,10H2,1-2H3,(H,27,28)/b9-5+. The normalized spacial score (nSPS) is 11.6. The molecule has 0 heterocycles. The van der Waals surface area contributed by atoms with Crippen LogP contribution in [-0.4, -0.2) is 26.2 Å². The third kappa shape index (κ3) is 7.16. The Morgan fingerprint density at radius 2 is 1.81 bits per heavy atom. The lowest BCUT2D eigenvalue weighted by molar-refractivity contribution is -0.137. The molecule has 0 fully saturated rings. The highest BCUT2D eigenvalue weighted by Crippen LogP contribution is 2.35. The Bertz CT molecular complexity index is 928. The Balaban J connectivity index is 2.20. The molecule has 5 nitrogen and oxygen atoms in total. The summed E-state index contributed by atoms with van der Waals surface area (Å²) in [5, 5.41) is 2.36. The van der Waals surface area contributed by atoms with Crippen LogP contribution >= 0.6 is 0 Å². The summed E-state index contributed by atoms with van der Waals surface area (Å²) < 4.78 is 78.5. The monoisotopic (exact) mass is 445 g/mol. The zero-order valence-electron chi connectivity index (χ0n) is 16.6. The van der Waals surface area contributed by atoms with Crippen molar-refractivity contribution in [2.45, 2.75) is 26.1 Å². The average molecular weight is 445 g/mol. The van der Waals surface area contributed by atoms with E-state index in [1.165, 1.54) is 31.4 Å². The molecule has 10 heteroatoms. The van der Waals surface area contributed by atoms with E-state index in [9.17, 15) is 26.7 Å². The molecule has 0 aliphatic heterocycles. The van der Waals surface area contributed by atoms with Crippen molar-refractivity contribution in [1.29, 1.82) is 0 Å². The van der Waals surface area contributed by atoms with Crippen molar-refractivity contribution < 1.29 is 41.0 Å². The molecule has 0 unspecified atom stereocenters. The quantitative estimate of drug-likeness (QED) is 0.394. The van der Waals surface area contributed by atoms with Gasteiger partial charge in [0, 0.05) is 6.08 Å². The first-order chi connectivity index (χ1) is 14.6. The zero-order chi connectivity index (χ0) is 23.0. The van der Waals surface area contributed by atoms with Crippen molar-refractivity contribution in [3.8, 4) is 17.2 Å². The highest BCUT2D eigenvalue weighted by atomic mass is 19.4. The number of alkyl halides is 5.